The van der Waals surface area contributed by atoms with Crippen LogP contribution in [0.4, 0.5) is 0 Å². The Morgan fingerprint density at radius 3 is 1.25 bits per heavy atom. The molecule has 0 radical (unpaired) electrons. The van der Waals surface area contributed by atoms with Gasteiger partial charge in [0.2, 0.25) is 0 Å². The van der Waals surface area contributed by atoms with E-state index in [9.17, 15) is 9.59 Å². The number of quaternary nitrogens is 2. The summed E-state index contributed by atoms with van der Waals surface area (Å²) in [7, 11) is 9.41. The van der Waals surface area contributed by atoms with Gasteiger partial charge in [-0.2, -0.15) is 0 Å². The number of allylic oxidation sites excluding steroid dienone is 2. The smallest absolute Gasteiger partial charge is 0.333 e. The average Bonchev–Trinajstić information content (AvgIpc) is 3.30. The number of hydrogen-bond acceptors (Lipinski definition) is 4. The van der Waals surface area contributed by atoms with E-state index in [0.717, 1.165) is 34.6 Å². The van der Waals surface area contributed by atoms with Crippen LogP contribution in [0.2, 0.25) is 0 Å². The monoisotopic (exact) mass is 784 g/mol. The highest BCUT2D eigenvalue weighted by molar-refractivity contribution is 5.88. The van der Waals surface area contributed by atoms with Crippen LogP contribution in [0.15, 0.2) is 71.8 Å². The van der Waals surface area contributed by atoms with Crippen molar-refractivity contribution in [2.24, 2.45) is 0 Å². The summed E-state index contributed by atoms with van der Waals surface area (Å²) in [5.41, 5.74) is 6.21. The van der Waals surface area contributed by atoms with Crippen molar-refractivity contribution in [2.45, 2.75) is 114 Å². The Bertz CT molecular complexity index is 1420. The second-order valence-corrected chi connectivity index (χ2v) is 15.5. The van der Waals surface area contributed by atoms with E-state index in [1.807, 2.05) is 39.8 Å². The molecule has 4 aliphatic rings. The van der Waals surface area contributed by atoms with E-state index in [1.165, 1.54) is 35.1 Å². The van der Waals surface area contributed by atoms with Crippen molar-refractivity contribution < 1.29 is 62.0 Å². The number of nitrogens with zero attached hydrogens (tertiary/aromatic N) is 2. The van der Waals surface area contributed by atoms with E-state index in [0.29, 0.717) is 35.3 Å². The van der Waals surface area contributed by atoms with Crippen molar-refractivity contribution in [2.75, 3.05) is 28.2 Å². The minimum Gasteiger partial charge on any atom is -1.00 e. The Kier molecular flexibility index (Phi) is 12.0. The van der Waals surface area contributed by atoms with Crippen LogP contribution < -0.4 is 34.0 Å². The molecule has 4 aliphatic heterocycles. The molecule has 4 saturated heterocycles. The molecule has 6 rings (SSSR count). The summed E-state index contributed by atoms with van der Waals surface area (Å²) >= 11 is 0. The fourth-order valence-corrected chi connectivity index (χ4v) is 9.50. The van der Waals surface area contributed by atoms with Gasteiger partial charge < -0.3 is 52.4 Å². The number of hydrogen-bond donors (Lipinski definition) is 0. The molecule has 0 amide bonds. The van der Waals surface area contributed by atoms with Gasteiger partial charge >= 0.3 is 11.9 Å². The summed E-state index contributed by atoms with van der Waals surface area (Å²) in [6, 6.07) is 19.9. The predicted octanol–water partition coefficient (Wildman–Crippen LogP) is 1.31. The van der Waals surface area contributed by atoms with Crippen LogP contribution in [0.5, 0.6) is 0 Å². The van der Waals surface area contributed by atoms with E-state index in [2.05, 4.69) is 76.7 Å². The van der Waals surface area contributed by atoms with E-state index in [1.54, 1.807) is 0 Å². The summed E-state index contributed by atoms with van der Waals surface area (Å²) in [6.45, 7) is 7.46. The Morgan fingerprint density at radius 2 is 0.938 bits per heavy atom. The van der Waals surface area contributed by atoms with Crippen LogP contribution in [0.25, 0.3) is 11.1 Å². The van der Waals surface area contributed by atoms with Crippen LogP contribution in [-0.4, -0.2) is 85.5 Å². The zero-order valence-electron chi connectivity index (χ0n) is 29.9. The first-order chi connectivity index (χ1) is 21.9. The molecule has 4 fully saturated rings. The first kappa shape index (κ1) is 38.5. The molecule has 0 spiro atoms. The zero-order valence-corrected chi connectivity index (χ0v) is 33.1. The molecular formula is C40H54Br2N2O4. The summed E-state index contributed by atoms with van der Waals surface area (Å²) < 4.78 is 14.4. The number of fused-ring (bicyclic) bond motifs is 4. The number of carbonyl (C=O) groups is 2. The quantitative estimate of drug-likeness (QED) is 0.242. The third-order valence-electron chi connectivity index (χ3n) is 12.8. The maximum Gasteiger partial charge on any atom is 0.333 e. The molecule has 6 nitrogen and oxygen atoms in total. The van der Waals surface area contributed by atoms with Gasteiger partial charge in [-0.3, -0.25) is 0 Å². The summed E-state index contributed by atoms with van der Waals surface area (Å²) in [5, 5.41) is 0. The molecule has 48 heavy (non-hydrogen) atoms. The topological polar surface area (TPSA) is 52.6 Å². The van der Waals surface area contributed by atoms with Gasteiger partial charge in [-0.25, -0.2) is 9.59 Å². The number of rotatable bonds is 7. The van der Waals surface area contributed by atoms with E-state index >= 15 is 0 Å². The SMILES string of the molecule is C/C=C(\C)C(=O)O[C@H]1C[C@H]2CC[C@H](C1c1ccc(-c3ccc(C4[C@H](OC(=O)/C(C)=C/C)C[C@H]5CC[C@@H]4[N+]5(C)C)cc3)cc1)[N+]2(C)C.[Br-].[Br-]. The largest absolute Gasteiger partial charge is 1.00 e. The lowest BCUT2D eigenvalue weighted by molar-refractivity contribution is -0.933. The molecular weight excluding hydrogens is 732 g/mol. The first-order valence-electron chi connectivity index (χ1n) is 17.4. The number of ether oxygens (including phenoxy) is 2. The summed E-state index contributed by atoms with van der Waals surface area (Å²) in [5.74, 6) is -0.0357. The normalized spacial score (nSPS) is 31.7. The molecule has 0 aromatic heterocycles. The van der Waals surface area contributed by atoms with Gasteiger partial charge in [-0.05, 0) is 49.9 Å². The zero-order chi connectivity index (χ0) is 33.0. The molecule has 0 saturated carbocycles. The fraction of sp³-hybridized carbons (Fsp3) is 0.550. The van der Waals surface area contributed by atoms with Crippen LogP contribution in [-0.2, 0) is 19.1 Å². The number of halogens is 2. The Balaban J connectivity index is 0.00000260. The second-order valence-electron chi connectivity index (χ2n) is 15.5. The molecule has 8 heteroatoms. The van der Waals surface area contributed by atoms with Crippen LogP contribution >= 0.6 is 0 Å². The van der Waals surface area contributed by atoms with E-state index in [4.69, 9.17) is 9.47 Å². The first-order valence-corrected chi connectivity index (χ1v) is 17.4. The van der Waals surface area contributed by atoms with Gasteiger partial charge in [-0.15, -0.1) is 0 Å². The second kappa shape index (κ2) is 14.9. The Morgan fingerprint density at radius 1 is 0.604 bits per heavy atom. The Labute approximate surface area is 309 Å². The maximum absolute atomic E-state index is 12.9. The van der Waals surface area contributed by atoms with E-state index < -0.39 is 0 Å². The molecule has 8 atom stereocenters. The summed E-state index contributed by atoms with van der Waals surface area (Å²) in [6.07, 6.45) is 9.95. The minimum absolute atomic E-state index is 0. The third kappa shape index (κ3) is 6.88. The van der Waals surface area contributed by atoms with Crippen molar-refractivity contribution in [1.29, 1.82) is 0 Å². The molecule has 0 aliphatic carbocycles. The number of likely N-dealkylation sites (N-methyl/N-ethyl adjacent to an activating group) is 2. The molecule has 262 valence electrons. The Hall–Kier alpha value is -2.26. The maximum atomic E-state index is 12.9. The fourth-order valence-electron chi connectivity index (χ4n) is 9.50. The van der Waals surface area contributed by atoms with E-state index in [-0.39, 0.29) is 69.9 Å². The van der Waals surface area contributed by atoms with Crippen molar-refractivity contribution in [3.8, 4) is 11.1 Å². The highest BCUT2D eigenvalue weighted by Crippen LogP contribution is 2.50. The highest BCUT2D eigenvalue weighted by atomic mass is 79.9. The van der Waals surface area contributed by atoms with Gasteiger partial charge in [0.1, 0.15) is 12.2 Å². The molecule has 0 N–H and O–H groups in total. The molecule has 2 unspecified atom stereocenters. The lowest BCUT2D eigenvalue weighted by Crippen LogP contribution is -3.00. The van der Waals surface area contributed by atoms with Gasteiger partial charge in [0.15, 0.2) is 0 Å². The van der Waals surface area contributed by atoms with Gasteiger partial charge in [0.25, 0.3) is 0 Å². The van der Waals surface area contributed by atoms with Crippen molar-refractivity contribution >= 4 is 11.9 Å². The number of benzene rings is 2. The lowest BCUT2D eigenvalue weighted by atomic mass is 9.79. The van der Waals surface area contributed by atoms with Crippen LogP contribution in [0.1, 0.15) is 89.2 Å². The number of piperidine rings is 2. The van der Waals surface area contributed by atoms with Gasteiger partial charge in [0.05, 0.1) is 64.2 Å². The average molecular weight is 787 g/mol. The van der Waals surface area contributed by atoms with Crippen molar-refractivity contribution in [3.05, 3.63) is 83.0 Å². The molecule has 4 heterocycles. The number of carbonyl (C=O) groups excluding carboxylic acids is 2. The molecule has 4 bridgehead atoms. The van der Waals surface area contributed by atoms with Crippen LogP contribution in [0, 0.1) is 0 Å². The summed E-state index contributed by atoms with van der Waals surface area (Å²) in [4.78, 5) is 25.7. The third-order valence-corrected chi connectivity index (χ3v) is 12.8. The van der Waals surface area contributed by atoms with Gasteiger partial charge in [-0.1, -0.05) is 60.7 Å². The lowest BCUT2D eigenvalue weighted by Gasteiger charge is -2.48. The standard InChI is InChI=1S/C40H54N2O4.2BrH/c1-9-25(3)39(43)45-35-23-31-19-21-33(41(31,5)6)37(35)29-15-11-27(12-16-29)28-13-17-30(18-14-28)38-34-22-20-32(42(34,7)8)24-36(38)46-40(44)26(4)10-2;;/h9-18,31-38H,19-24H2,1-8H3;2*1H/q+2;;/p-2/b25-9+,26-10+;;/t31-,32-,33-,34+,35+,36-,37?,38?;;/m1../s1. The molecule has 2 aromatic rings. The van der Waals surface area contributed by atoms with Gasteiger partial charge in [0, 0.05) is 49.7 Å². The number of esters is 2. The van der Waals surface area contributed by atoms with Crippen LogP contribution in [0.3, 0.4) is 0 Å². The predicted molar refractivity (Wildman–Crippen MR) is 183 cm³/mol. The van der Waals surface area contributed by atoms with Crippen molar-refractivity contribution in [3.63, 3.8) is 0 Å². The van der Waals surface area contributed by atoms with Crippen molar-refractivity contribution in [1.82, 2.24) is 0 Å². The minimum atomic E-state index is -0.192. The highest BCUT2D eigenvalue weighted by Gasteiger charge is 2.57. The molecule has 2 aromatic carbocycles.